The molecule has 1 aromatic rings. The molecule has 0 radical (unpaired) electrons. The van der Waals surface area contributed by atoms with Crippen molar-refractivity contribution < 1.29 is 9.47 Å². The lowest BCUT2D eigenvalue weighted by Gasteiger charge is -2.15. The van der Waals surface area contributed by atoms with Gasteiger partial charge in [-0.2, -0.15) is 0 Å². The smallest absolute Gasteiger partial charge is 0.158 e. The summed E-state index contributed by atoms with van der Waals surface area (Å²) in [5.41, 5.74) is 2.56. The Kier molecular flexibility index (Phi) is 5.51. The van der Waals surface area contributed by atoms with E-state index in [2.05, 4.69) is 20.7 Å². The Labute approximate surface area is 119 Å². The second-order valence-electron chi connectivity index (χ2n) is 4.85. The molecule has 2 rings (SSSR count). The van der Waals surface area contributed by atoms with Crippen LogP contribution in [0.2, 0.25) is 0 Å². The van der Waals surface area contributed by atoms with Gasteiger partial charge in [-0.3, -0.25) is 0 Å². The molecule has 1 heterocycles. The first-order chi connectivity index (χ1) is 9.75. The van der Waals surface area contributed by atoms with Crippen LogP contribution in [0.3, 0.4) is 0 Å². The Balaban J connectivity index is 2.02. The van der Waals surface area contributed by atoms with Gasteiger partial charge in [0.05, 0.1) is 6.10 Å². The fraction of sp³-hybridized carbons (Fsp3) is 0.692. The van der Waals surface area contributed by atoms with Crippen LogP contribution in [0.15, 0.2) is 6.07 Å². The molecule has 1 aliphatic rings. The second kappa shape index (κ2) is 7.37. The zero-order chi connectivity index (χ0) is 14.4. The van der Waals surface area contributed by atoms with Crippen LogP contribution in [0.4, 0.5) is 11.6 Å². The topological polar surface area (TPSA) is 94.3 Å². The lowest BCUT2D eigenvalue weighted by molar-refractivity contribution is 0.108. The summed E-state index contributed by atoms with van der Waals surface area (Å²) < 4.78 is 10.7. The van der Waals surface area contributed by atoms with Gasteiger partial charge in [-0.25, -0.2) is 15.8 Å². The monoisotopic (exact) mass is 281 g/mol. The van der Waals surface area contributed by atoms with Crippen LogP contribution in [0.5, 0.6) is 0 Å². The number of nitrogens with two attached hydrogens (primary N) is 1. The Morgan fingerprint density at radius 3 is 2.80 bits per heavy atom. The molecule has 7 heteroatoms. The van der Waals surface area contributed by atoms with Gasteiger partial charge in [0.15, 0.2) is 5.82 Å². The van der Waals surface area contributed by atoms with E-state index in [1.54, 1.807) is 13.2 Å². The SMILES string of the molecule is CCOCc1nc(NN)cc(NC2CCC(OC)C2)n1. The average Bonchev–Trinajstić information content (AvgIpc) is 2.92. The molecule has 20 heavy (non-hydrogen) atoms. The standard InChI is InChI=1S/C13H23N5O2/c1-3-20-8-13-16-11(7-12(17-13)18-14)15-9-4-5-10(6-9)19-2/h7,9-10H,3-6,8,14H2,1-2H3,(H2,15,16,17,18). The van der Waals surface area contributed by atoms with Gasteiger partial charge in [0.1, 0.15) is 18.2 Å². The molecule has 0 aromatic carbocycles. The predicted molar refractivity (Wildman–Crippen MR) is 77.2 cm³/mol. The third kappa shape index (κ3) is 4.03. The summed E-state index contributed by atoms with van der Waals surface area (Å²) in [4.78, 5) is 8.71. The van der Waals surface area contributed by atoms with Gasteiger partial charge >= 0.3 is 0 Å². The fourth-order valence-corrected chi connectivity index (χ4v) is 2.40. The molecule has 0 saturated heterocycles. The molecular weight excluding hydrogens is 258 g/mol. The normalized spacial score (nSPS) is 21.9. The molecule has 0 bridgehead atoms. The maximum atomic E-state index is 5.44. The van der Waals surface area contributed by atoms with E-state index in [-0.39, 0.29) is 0 Å². The maximum absolute atomic E-state index is 5.44. The highest BCUT2D eigenvalue weighted by atomic mass is 16.5. The van der Waals surface area contributed by atoms with E-state index < -0.39 is 0 Å². The van der Waals surface area contributed by atoms with E-state index in [0.717, 1.165) is 25.1 Å². The van der Waals surface area contributed by atoms with Gasteiger partial charge in [-0.05, 0) is 26.2 Å². The molecule has 4 N–H and O–H groups in total. The molecule has 1 aromatic heterocycles. The third-order valence-corrected chi connectivity index (χ3v) is 3.43. The Morgan fingerprint density at radius 2 is 2.15 bits per heavy atom. The zero-order valence-electron chi connectivity index (χ0n) is 12.1. The number of hydrogen-bond acceptors (Lipinski definition) is 7. The van der Waals surface area contributed by atoms with Crippen LogP contribution in [0.25, 0.3) is 0 Å². The summed E-state index contributed by atoms with van der Waals surface area (Å²) >= 11 is 0. The molecule has 0 amide bonds. The van der Waals surface area contributed by atoms with Crippen molar-refractivity contribution in [3.8, 4) is 0 Å². The minimum Gasteiger partial charge on any atom is -0.381 e. The Bertz CT molecular complexity index is 429. The second-order valence-corrected chi connectivity index (χ2v) is 4.85. The van der Waals surface area contributed by atoms with Crippen molar-refractivity contribution in [1.82, 2.24) is 9.97 Å². The van der Waals surface area contributed by atoms with E-state index in [1.807, 2.05) is 6.92 Å². The highest BCUT2D eigenvalue weighted by Crippen LogP contribution is 2.24. The van der Waals surface area contributed by atoms with Crippen LogP contribution in [0, 0.1) is 0 Å². The summed E-state index contributed by atoms with van der Waals surface area (Å²) in [6, 6.07) is 2.18. The number of rotatable bonds is 7. The van der Waals surface area contributed by atoms with Crippen molar-refractivity contribution in [3.63, 3.8) is 0 Å². The first-order valence-electron chi connectivity index (χ1n) is 6.96. The molecule has 0 aliphatic heterocycles. The summed E-state index contributed by atoms with van der Waals surface area (Å²) in [6.45, 7) is 2.95. The quantitative estimate of drug-likeness (QED) is 0.512. The van der Waals surface area contributed by atoms with Crippen LogP contribution in [-0.2, 0) is 16.1 Å². The van der Waals surface area contributed by atoms with Gasteiger partial charge in [0.25, 0.3) is 0 Å². The van der Waals surface area contributed by atoms with Crippen molar-refractivity contribution in [3.05, 3.63) is 11.9 Å². The number of nitrogens with one attached hydrogen (secondary N) is 2. The number of aromatic nitrogens is 2. The van der Waals surface area contributed by atoms with Crippen LogP contribution >= 0.6 is 0 Å². The molecule has 2 atom stereocenters. The van der Waals surface area contributed by atoms with Crippen molar-refractivity contribution in [1.29, 1.82) is 0 Å². The lowest BCUT2D eigenvalue weighted by Crippen LogP contribution is -2.19. The number of hydrazine groups is 1. The minimum absolute atomic E-state index is 0.337. The lowest BCUT2D eigenvalue weighted by atomic mass is 10.2. The van der Waals surface area contributed by atoms with Gasteiger partial charge in [0.2, 0.25) is 0 Å². The molecular formula is C13H23N5O2. The van der Waals surface area contributed by atoms with E-state index in [0.29, 0.717) is 37.0 Å². The highest BCUT2D eigenvalue weighted by molar-refractivity contribution is 5.47. The number of methoxy groups -OCH3 is 1. The number of nitrogen functional groups attached to an aromatic ring is 1. The molecule has 112 valence electrons. The van der Waals surface area contributed by atoms with Gasteiger partial charge in [-0.15, -0.1) is 0 Å². The van der Waals surface area contributed by atoms with Gasteiger partial charge in [-0.1, -0.05) is 0 Å². The Morgan fingerprint density at radius 1 is 1.35 bits per heavy atom. The van der Waals surface area contributed by atoms with Gasteiger partial charge < -0.3 is 20.2 Å². The predicted octanol–water partition coefficient (Wildman–Crippen LogP) is 1.28. The molecule has 1 saturated carbocycles. The van der Waals surface area contributed by atoms with E-state index in [9.17, 15) is 0 Å². The van der Waals surface area contributed by atoms with Gasteiger partial charge in [0, 0.05) is 25.8 Å². The van der Waals surface area contributed by atoms with Crippen molar-refractivity contribution >= 4 is 11.6 Å². The summed E-state index contributed by atoms with van der Waals surface area (Å²) in [6.07, 6.45) is 3.48. The van der Waals surface area contributed by atoms with E-state index in [1.165, 1.54) is 0 Å². The fourth-order valence-electron chi connectivity index (χ4n) is 2.40. The number of nitrogens with zero attached hydrogens (tertiary/aromatic N) is 2. The molecule has 1 aliphatic carbocycles. The number of ether oxygens (including phenoxy) is 2. The van der Waals surface area contributed by atoms with Crippen molar-refractivity contribution in [2.45, 2.75) is 44.9 Å². The van der Waals surface area contributed by atoms with Crippen molar-refractivity contribution in [2.24, 2.45) is 5.84 Å². The maximum Gasteiger partial charge on any atom is 0.158 e. The zero-order valence-corrected chi connectivity index (χ0v) is 12.1. The van der Waals surface area contributed by atoms with Crippen molar-refractivity contribution in [2.75, 3.05) is 24.5 Å². The largest absolute Gasteiger partial charge is 0.381 e. The van der Waals surface area contributed by atoms with Crippen LogP contribution in [-0.4, -0.2) is 35.8 Å². The molecule has 7 nitrogen and oxygen atoms in total. The number of hydrogen-bond donors (Lipinski definition) is 3. The van der Waals surface area contributed by atoms with Crippen LogP contribution in [0.1, 0.15) is 32.0 Å². The number of anilines is 2. The summed E-state index contributed by atoms with van der Waals surface area (Å²) in [5, 5.41) is 3.41. The summed E-state index contributed by atoms with van der Waals surface area (Å²) in [7, 11) is 1.76. The molecule has 2 unspecified atom stereocenters. The first-order valence-corrected chi connectivity index (χ1v) is 6.96. The average molecular weight is 281 g/mol. The van der Waals surface area contributed by atoms with E-state index in [4.69, 9.17) is 15.3 Å². The third-order valence-electron chi connectivity index (χ3n) is 3.43. The molecule has 1 fully saturated rings. The molecule has 0 spiro atoms. The minimum atomic E-state index is 0.337. The van der Waals surface area contributed by atoms with Crippen LogP contribution < -0.4 is 16.6 Å². The summed E-state index contributed by atoms with van der Waals surface area (Å²) in [5.74, 6) is 7.41. The first kappa shape index (κ1) is 15.0. The van der Waals surface area contributed by atoms with E-state index >= 15 is 0 Å². The highest BCUT2D eigenvalue weighted by Gasteiger charge is 2.24. The Hall–Kier alpha value is -1.44.